The molecule has 2 aliphatic heterocycles. The fourth-order valence-corrected chi connectivity index (χ4v) is 4.53. The summed E-state index contributed by atoms with van der Waals surface area (Å²) in [6, 6.07) is 13.5. The lowest BCUT2D eigenvalue weighted by molar-refractivity contribution is -0.144. The van der Waals surface area contributed by atoms with Crippen LogP contribution in [0.1, 0.15) is 24.5 Å². The highest BCUT2D eigenvalue weighted by Gasteiger charge is 2.66. The number of rotatable bonds is 7. The van der Waals surface area contributed by atoms with Gasteiger partial charge in [-0.1, -0.05) is 25.1 Å². The number of ketones is 1. The molecule has 8 heteroatoms. The topological polar surface area (TPSA) is 96.4 Å². The predicted molar refractivity (Wildman–Crippen MR) is 122 cm³/mol. The van der Waals surface area contributed by atoms with E-state index in [1.807, 2.05) is 6.92 Å². The Hall–Kier alpha value is -3.65. The Kier molecular flexibility index (Phi) is 5.95. The van der Waals surface area contributed by atoms with Crippen LogP contribution in [0.2, 0.25) is 0 Å². The van der Waals surface area contributed by atoms with Gasteiger partial charge in [-0.3, -0.25) is 14.4 Å². The summed E-state index contributed by atoms with van der Waals surface area (Å²) in [6.45, 7) is 2.68. The number of benzene rings is 2. The van der Waals surface area contributed by atoms with E-state index in [-0.39, 0.29) is 18.7 Å². The molecule has 33 heavy (non-hydrogen) atoms. The highest BCUT2D eigenvalue weighted by atomic mass is 16.5. The minimum absolute atomic E-state index is 0.00949. The summed E-state index contributed by atoms with van der Waals surface area (Å²) in [6.07, 6.45) is 0.850. The number of anilines is 1. The van der Waals surface area contributed by atoms with Gasteiger partial charge in [-0.15, -0.1) is 0 Å². The zero-order chi connectivity index (χ0) is 23.8. The molecule has 1 atom stereocenters. The molecular formula is C25H26N2O6. The van der Waals surface area contributed by atoms with Gasteiger partial charge in [-0.2, -0.15) is 0 Å². The Balaban J connectivity index is 1.94. The molecule has 1 unspecified atom stereocenters. The van der Waals surface area contributed by atoms with Crippen molar-refractivity contribution in [2.45, 2.75) is 18.9 Å². The van der Waals surface area contributed by atoms with E-state index in [0.29, 0.717) is 29.2 Å². The number of ether oxygens (including phenoxy) is 2. The molecule has 0 bridgehead atoms. The number of aliphatic hydroxyl groups excluding tert-OH is 1. The van der Waals surface area contributed by atoms with Gasteiger partial charge < -0.3 is 24.4 Å². The van der Waals surface area contributed by atoms with Gasteiger partial charge in [0.05, 0.1) is 18.8 Å². The van der Waals surface area contributed by atoms with Crippen LogP contribution in [-0.2, 0) is 24.7 Å². The molecular weight excluding hydrogens is 424 g/mol. The Labute approximate surface area is 192 Å². The monoisotopic (exact) mass is 450 g/mol. The first-order valence-corrected chi connectivity index (χ1v) is 10.8. The molecule has 1 fully saturated rings. The van der Waals surface area contributed by atoms with E-state index in [9.17, 15) is 19.5 Å². The molecule has 2 heterocycles. The number of hydrogen-bond donors (Lipinski definition) is 1. The zero-order valence-corrected chi connectivity index (χ0v) is 18.8. The van der Waals surface area contributed by atoms with Crippen molar-refractivity contribution in [1.29, 1.82) is 0 Å². The summed E-state index contributed by atoms with van der Waals surface area (Å²) in [5.74, 6) is -2.04. The standard InChI is InChI=1S/C25H26N2O6/c1-4-14-33-17-11-9-16(10-12-17)21(28)20-22(29)23(30)27(13-15-32-3)25(20)18-7-5-6-8-19(18)26(2)24(25)31/h5-12,28H,4,13-15H2,1-3H3/b21-20-. The number of fused-ring (bicyclic) bond motifs is 2. The maximum atomic E-state index is 13.7. The lowest BCUT2D eigenvalue weighted by Crippen LogP contribution is -2.52. The van der Waals surface area contributed by atoms with Crippen LogP contribution in [0.5, 0.6) is 5.75 Å². The lowest BCUT2D eigenvalue weighted by atomic mass is 9.82. The second-order valence-corrected chi connectivity index (χ2v) is 7.97. The summed E-state index contributed by atoms with van der Waals surface area (Å²) in [5, 5.41) is 11.3. The molecule has 1 N–H and O–H groups in total. The van der Waals surface area contributed by atoms with Crippen LogP contribution >= 0.6 is 0 Å². The normalized spacial score (nSPS) is 21.2. The number of carbonyl (C=O) groups excluding carboxylic acids is 3. The van der Waals surface area contributed by atoms with Crippen molar-refractivity contribution in [3.05, 3.63) is 65.2 Å². The molecule has 2 amide bonds. The van der Waals surface area contributed by atoms with Gasteiger partial charge in [-0.05, 0) is 36.8 Å². The molecule has 1 spiro atoms. The highest BCUT2D eigenvalue weighted by Crippen LogP contribution is 2.53. The largest absolute Gasteiger partial charge is 0.507 e. The first-order valence-electron chi connectivity index (χ1n) is 10.8. The van der Waals surface area contributed by atoms with Crippen molar-refractivity contribution in [3.63, 3.8) is 0 Å². The third kappa shape index (κ3) is 3.29. The summed E-state index contributed by atoms with van der Waals surface area (Å²) < 4.78 is 10.7. The van der Waals surface area contributed by atoms with Crippen LogP contribution in [0, 0.1) is 0 Å². The third-order valence-corrected chi connectivity index (χ3v) is 6.06. The highest BCUT2D eigenvalue weighted by molar-refractivity contribution is 6.50. The fourth-order valence-electron chi connectivity index (χ4n) is 4.53. The molecule has 1 saturated heterocycles. The van der Waals surface area contributed by atoms with Crippen molar-refractivity contribution in [3.8, 4) is 5.75 Å². The molecule has 172 valence electrons. The number of hydrogen-bond acceptors (Lipinski definition) is 6. The van der Waals surface area contributed by atoms with Gasteiger partial charge in [0.15, 0.2) is 5.54 Å². The van der Waals surface area contributed by atoms with Crippen LogP contribution in [0.15, 0.2) is 54.1 Å². The summed E-state index contributed by atoms with van der Waals surface area (Å²) in [7, 11) is 3.06. The van der Waals surface area contributed by atoms with E-state index < -0.39 is 28.9 Å². The Morgan fingerprint density at radius 3 is 2.39 bits per heavy atom. The van der Waals surface area contributed by atoms with Crippen molar-refractivity contribution in [2.75, 3.05) is 38.8 Å². The summed E-state index contributed by atoms with van der Waals surface area (Å²) in [4.78, 5) is 42.8. The Morgan fingerprint density at radius 1 is 1.03 bits per heavy atom. The van der Waals surface area contributed by atoms with Gasteiger partial charge in [-0.25, -0.2) is 0 Å². The number of para-hydroxylation sites is 1. The van der Waals surface area contributed by atoms with Crippen LogP contribution in [0.25, 0.3) is 5.76 Å². The van der Waals surface area contributed by atoms with Crippen molar-refractivity contribution < 1.29 is 29.0 Å². The summed E-state index contributed by atoms with van der Waals surface area (Å²) >= 11 is 0. The van der Waals surface area contributed by atoms with E-state index in [1.54, 1.807) is 55.6 Å². The van der Waals surface area contributed by atoms with Crippen molar-refractivity contribution in [1.82, 2.24) is 4.90 Å². The molecule has 2 aromatic rings. The number of Topliss-reactive ketones (excluding diaryl/α,β-unsaturated/α-hetero) is 1. The number of likely N-dealkylation sites (tertiary alicyclic amines) is 1. The number of carbonyl (C=O) groups is 3. The number of methoxy groups -OCH3 is 1. The first-order chi connectivity index (χ1) is 15.9. The number of nitrogens with zero attached hydrogens (tertiary/aromatic N) is 2. The smallest absolute Gasteiger partial charge is 0.296 e. The van der Waals surface area contributed by atoms with E-state index in [2.05, 4.69) is 0 Å². The average molecular weight is 450 g/mol. The number of aliphatic hydroxyl groups is 1. The van der Waals surface area contributed by atoms with Gasteiger partial charge in [0, 0.05) is 37.5 Å². The Bertz CT molecular complexity index is 1140. The molecule has 4 rings (SSSR count). The SMILES string of the molecule is CCCOc1ccc(/C(O)=C2\C(=O)C(=O)N(CCOC)C23C(=O)N(C)c2ccccc23)cc1. The molecule has 2 aromatic carbocycles. The minimum Gasteiger partial charge on any atom is -0.507 e. The summed E-state index contributed by atoms with van der Waals surface area (Å²) in [5.41, 5.74) is -0.659. The van der Waals surface area contributed by atoms with Gasteiger partial charge >= 0.3 is 0 Å². The Morgan fingerprint density at radius 2 is 1.73 bits per heavy atom. The number of amides is 2. The first kappa shape index (κ1) is 22.5. The molecule has 0 aromatic heterocycles. The third-order valence-electron chi connectivity index (χ3n) is 6.06. The van der Waals surface area contributed by atoms with Crippen LogP contribution in [0.4, 0.5) is 5.69 Å². The molecule has 8 nitrogen and oxygen atoms in total. The van der Waals surface area contributed by atoms with E-state index >= 15 is 0 Å². The predicted octanol–water partition coefficient (Wildman–Crippen LogP) is 2.67. The van der Waals surface area contributed by atoms with Crippen LogP contribution < -0.4 is 9.64 Å². The quantitative estimate of drug-likeness (QED) is 0.396. The van der Waals surface area contributed by atoms with E-state index in [1.165, 1.54) is 16.9 Å². The van der Waals surface area contributed by atoms with Gasteiger partial charge in [0.1, 0.15) is 11.5 Å². The van der Waals surface area contributed by atoms with E-state index in [4.69, 9.17) is 9.47 Å². The molecule has 2 aliphatic rings. The van der Waals surface area contributed by atoms with Crippen molar-refractivity contribution >= 4 is 29.0 Å². The maximum absolute atomic E-state index is 13.7. The van der Waals surface area contributed by atoms with Crippen molar-refractivity contribution in [2.24, 2.45) is 0 Å². The zero-order valence-electron chi connectivity index (χ0n) is 18.8. The second-order valence-electron chi connectivity index (χ2n) is 7.97. The molecule has 0 radical (unpaired) electrons. The van der Waals surface area contributed by atoms with Gasteiger partial charge in [0.25, 0.3) is 17.6 Å². The average Bonchev–Trinajstić information content (AvgIpc) is 3.19. The second kappa shape index (κ2) is 8.71. The fraction of sp³-hybridized carbons (Fsp3) is 0.320. The van der Waals surface area contributed by atoms with Crippen LogP contribution in [-0.4, -0.2) is 61.5 Å². The molecule has 0 aliphatic carbocycles. The maximum Gasteiger partial charge on any atom is 0.296 e. The number of likely N-dealkylation sites (N-methyl/N-ethyl adjacent to an activating group) is 1. The minimum atomic E-state index is -1.76. The van der Waals surface area contributed by atoms with E-state index in [0.717, 1.165) is 6.42 Å². The lowest BCUT2D eigenvalue weighted by Gasteiger charge is -2.34. The van der Waals surface area contributed by atoms with Crippen LogP contribution in [0.3, 0.4) is 0 Å². The van der Waals surface area contributed by atoms with Gasteiger partial charge in [0.2, 0.25) is 0 Å². The molecule has 0 saturated carbocycles.